The van der Waals surface area contributed by atoms with Crippen molar-refractivity contribution in [3.8, 4) is 11.8 Å². The zero-order valence-corrected chi connectivity index (χ0v) is 9.25. The van der Waals surface area contributed by atoms with Crippen LogP contribution in [-0.4, -0.2) is 17.6 Å². The van der Waals surface area contributed by atoms with Gasteiger partial charge in [-0.05, 0) is 30.3 Å². The first kappa shape index (κ1) is 11.0. The summed E-state index contributed by atoms with van der Waals surface area (Å²) in [6.45, 7) is 0. The monoisotopic (exact) mass is 226 g/mol. The normalized spacial score (nSPS) is 9.65. The summed E-state index contributed by atoms with van der Waals surface area (Å²) in [5, 5.41) is 8.83. The summed E-state index contributed by atoms with van der Waals surface area (Å²) in [6, 6.07) is 12.5. The summed E-state index contributed by atoms with van der Waals surface area (Å²) in [6.07, 6.45) is 1.75. The van der Waals surface area contributed by atoms with Gasteiger partial charge in [0.2, 0.25) is 0 Å². The van der Waals surface area contributed by atoms with E-state index in [4.69, 9.17) is 5.26 Å². The topological polar surface area (TPSA) is 55.0 Å². The molecule has 0 saturated heterocycles. The highest BCUT2D eigenvalue weighted by atomic mass is 16.5. The Morgan fingerprint density at radius 2 is 2.18 bits per heavy atom. The van der Waals surface area contributed by atoms with Gasteiger partial charge < -0.3 is 9.30 Å². The van der Waals surface area contributed by atoms with Gasteiger partial charge in [0.25, 0.3) is 0 Å². The van der Waals surface area contributed by atoms with Crippen molar-refractivity contribution in [2.75, 3.05) is 7.11 Å². The summed E-state index contributed by atoms with van der Waals surface area (Å²) in [7, 11) is 1.34. The third-order valence-electron chi connectivity index (χ3n) is 2.40. The van der Waals surface area contributed by atoms with Crippen LogP contribution in [0.1, 0.15) is 16.1 Å². The Kier molecular flexibility index (Phi) is 2.93. The van der Waals surface area contributed by atoms with Crippen molar-refractivity contribution in [1.82, 2.24) is 4.57 Å². The van der Waals surface area contributed by atoms with Crippen molar-refractivity contribution in [3.63, 3.8) is 0 Å². The molecule has 4 heteroatoms. The zero-order valence-electron chi connectivity index (χ0n) is 9.25. The smallest absolute Gasteiger partial charge is 0.355 e. The molecule has 0 aliphatic rings. The molecule has 0 aliphatic heterocycles. The Morgan fingerprint density at radius 3 is 2.88 bits per heavy atom. The van der Waals surface area contributed by atoms with Crippen LogP contribution in [0.2, 0.25) is 0 Å². The van der Waals surface area contributed by atoms with Gasteiger partial charge in [-0.3, -0.25) is 0 Å². The van der Waals surface area contributed by atoms with Gasteiger partial charge in [-0.2, -0.15) is 5.26 Å². The van der Waals surface area contributed by atoms with Crippen LogP contribution in [0.15, 0.2) is 42.6 Å². The highest BCUT2D eigenvalue weighted by molar-refractivity contribution is 5.88. The van der Waals surface area contributed by atoms with Crippen molar-refractivity contribution in [2.24, 2.45) is 0 Å². The quantitative estimate of drug-likeness (QED) is 0.737. The SMILES string of the molecule is COC(=O)c1cccn1-c1cccc(C#N)c1. The number of benzene rings is 1. The van der Waals surface area contributed by atoms with Gasteiger partial charge in [0.1, 0.15) is 5.69 Å². The van der Waals surface area contributed by atoms with E-state index < -0.39 is 5.97 Å². The molecule has 1 aromatic heterocycles. The Labute approximate surface area is 98.7 Å². The van der Waals surface area contributed by atoms with Gasteiger partial charge in [-0.25, -0.2) is 4.79 Å². The van der Waals surface area contributed by atoms with E-state index in [1.807, 2.05) is 6.07 Å². The van der Waals surface area contributed by atoms with Crippen molar-refractivity contribution in [2.45, 2.75) is 0 Å². The van der Waals surface area contributed by atoms with E-state index in [0.29, 0.717) is 11.3 Å². The van der Waals surface area contributed by atoms with E-state index in [9.17, 15) is 4.79 Å². The standard InChI is InChI=1S/C13H10N2O2/c1-17-13(16)12-6-3-7-15(12)11-5-2-4-10(8-11)9-14/h2-8H,1H3. The van der Waals surface area contributed by atoms with Gasteiger partial charge >= 0.3 is 5.97 Å². The number of carbonyl (C=O) groups is 1. The summed E-state index contributed by atoms with van der Waals surface area (Å²) in [5.41, 5.74) is 1.74. The molecule has 0 bridgehead atoms. The van der Waals surface area contributed by atoms with Crippen LogP contribution in [0.3, 0.4) is 0 Å². The van der Waals surface area contributed by atoms with E-state index in [-0.39, 0.29) is 0 Å². The number of ether oxygens (including phenoxy) is 1. The van der Waals surface area contributed by atoms with Crippen LogP contribution in [0.25, 0.3) is 5.69 Å². The minimum Gasteiger partial charge on any atom is -0.464 e. The fourth-order valence-corrected chi connectivity index (χ4v) is 1.60. The molecule has 0 aliphatic carbocycles. The average molecular weight is 226 g/mol. The van der Waals surface area contributed by atoms with Crippen LogP contribution in [0.4, 0.5) is 0 Å². The molecule has 84 valence electrons. The molecule has 1 heterocycles. The number of methoxy groups -OCH3 is 1. The molecule has 2 aromatic rings. The zero-order chi connectivity index (χ0) is 12.3. The second kappa shape index (κ2) is 4.54. The Hall–Kier alpha value is -2.54. The van der Waals surface area contributed by atoms with Gasteiger partial charge in [0, 0.05) is 11.9 Å². The summed E-state index contributed by atoms with van der Waals surface area (Å²) in [4.78, 5) is 11.5. The predicted octanol–water partition coefficient (Wildman–Crippen LogP) is 2.14. The average Bonchev–Trinajstić information content (AvgIpc) is 2.87. The molecule has 0 saturated carbocycles. The number of aromatic nitrogens is 1. The van der Waals surface area contributed by atoms with Crippen LogP contribution in [-0.2, 0) is 4.74 Å². The second-order valence-electron chi connectivity index (χ2n) is 3.42. The van der Waals surface area contributed by atoms with Gasteiger partial charge in [-0.1, -0.05) is 6.07 Å². The molecule has 0 fully saturated rings. The lowest BCUT2D eigenvalue weighted by Gasteiger charge is -2.07. The van der Waals surface area contributed by atoms with E-state index in [1.54, 1.807) is 41.1 Å². The Bertz CT molecular complexity index is 593. The molecule has 2 rings (SSSR count). The molecule has 1 aromatic carbocycles. The molecule has 0 spiro atoms. The first-order valence-electron chi connectivity index (χ1n) is 5.02. The number of carbonyl (C=O) groups excluding carboxylic acids is 1. The summed E-state index contributed by atoms with van der Waals surface area (Å²) >= 11 is 0. The minimum atomic E-state index is -0.405. The summed E-state index contributed by atoms with van der Waals surface area (Å²) in [5.74, 6) is -0.405. The van der Waals surface area contributed by atoms with Crippen LogP contribution in [0.5, 0.6) is 0 Å². The molecule has 17 heavy (non-hydrogen) atoms. The van der Waals surface area contributed by atoms with E-state index in [2.05, 4.69) is 10.8 Å². The number of rotatable bonds is 2. The predicted molar refractivity (Wildman–Crippen MR) is 61.8 cm³/mol. The number of esters is 1. The number of hydrogen-bond donors (Lipinski definition) is 0. The van der Waals surface area contributed by atoms with E-state index in [0.717, 1.165) is 5.69 Å². The first-order valence-corrected chi connectivity index (χ1v) is 5.02. The van der Waals surface area contributed by atoms with Crippen molar-refractivity contribution in [1.29, 1.82) is 5.26 Å². The van der Waals surface area contributed by atoms with Crippen molar-refractivity contribution >= 4 is 5.97 Å². The number of hydrogen-bond acceptors (Lipinski definition) is 3. The van der Waals surface area contributed by atoms with Crippen LogP contribution < -0.4 is 0 Å². The highest BCUT2D eigenvalue weighted by Gasteiger charge is 2.11. The Balaban J connectivity index is 2.50. The lowest BCUT2D eigenvalue weighted by Crippen LogP contribution is -2.08. The molecular weight excluding hydrogens is 216 g/mol. The maximum atomic E-state index is 11.5. The fraction of sp³-hybridized carbons (Fsp3) is 0.0769. The molecule has 0 radical (unpaired) electrons. The lowest BCUT2D eigenvalue weighted by atomic mass is 10.2. The van der Waals surface area contributed by atoms with Gasteiger partial charge in [-0.15, -0.1) is 0 Å². The molecular formula is C13H10N2O2. The first-order chi connectivity index (χ1) is 8.26. The Morgan fingerprint density at radius 1 is 1.35 bits per heavy atom. The highest BCUT2D eigenvalue weighted by Crippen LogP contribution is 2.14. The largest absolute Gasteiger partial charge is 0.464 e. The fourth-order valence-electron chi connectivity index (χ4n) is 1.60. The van der Waals surface area contributed by atoms with Crippen molar-refractivity contribution < 1.29 is 9.53 Å². The van der Waals surface area contributed by atoms with Gasteiger partial charge in [0.05, 0.1) is 18.7 Å². The minimum absolute atomic E-state index is 0.405. The van der Waals surface area contributed by atoms with Gasteiger partial charge in [0.15, 0.2) is 0 Å². The third kappa shape index (κ3) is 2.04. The van der Waals surface area contributed by atoms with E-state index in [1.165, 1.54) is 7.11 Å². The molecule has 4 nitrogen and oxygen atoms in total. The lowest BCUT2D eigenvalue weighted by molar-refractivity contribution is 0.0591. The van der Waals surface area contributed by atoms with Crippen LogP contribution >= 0.6 is 0 Å². The molecule has 0 atom stereocenters. The maximum absolute atomic E-state index is 11.5. The second-order valence-corrected chi connectivity index (χ2v) is 3.42. The molecule has 0 unspecified atom stereocenters. The van der Waals surface area contributed by atoms with E-state index >= 15 is 0 Å². The van der Waals surface area contributed by atoms with Crippen molar-refractivity contribution in [3.05, 3.63) is 53.9 Å². The summed E-state index contributed by atoms with van der Waals surface area (Å²) < 4.78 is 6.38. The number of nitriles is 1. The number of nitrogens with zero attached hydrogens (tertiary/aromatic N) is 2. The molecule has 0 amide bonds. The van der Waals surface area contributed by atoms with Crippen LogP contribution in [0, 0.1) is 11.3 Å². The third-order valence-corrected chi connectivity index (χ3v) is 2.40. The maximum Gasteiger partial charge on any atom is 0.355 e. The molecule has 0 N–H and O–H groups in total.